The summed E-state index contributed by atoms with van der Waals surface area (Å²) in [6.45, 7) is 1.69. The highest BCUT2D eigenvalue weighted by Crippen LogP contribution is 2.60. The molecule has 1 saturated heterocycles. The summed E-state index contributed by atoms with van der Waals surface area (Å²) >= 11 is 0. The number of carbonyl (C=O) groups excluding carboxylic acids is 2. The number of ether oxygens (including phenoxy) is 3. The quantitative estimate of drug-likeness (QED) is 0.0154. The monoisotopic (exact) mass is 1090 g/mol. The molecule has 3 unspecified atom stereocenters. The van der Waals surface area contributed by atoms with Crippen molar-refractivity contribution in [3.63, 3.8) is 0 Å². The Balaban J connectivity index is 1.87. The van der Waals surface area contributed by atoms with Crippen LogP contribution in [0, 0.1) is 0 Å². The largest absolute Gasteiger partial charge is 0.481 e. The van der Waals surface area contributed by atoms with Gasteiger partial charge in [-0.15, -0.1) is 0 Å². The number of hydrogen-bond donors (Lipinski definition) is 6. The first-order valence-electron chi connectivity index (χ1n) is 25.6. The number of carbonyl (C=O) groups is 2. The van der Waals surface area contributed by atoms with Crippen LogP contribution in [0.3, 0.4) is 0 Å². The second-order valence-electron chi connectivity index (χ2n) is 17.1. The number of unbranched alkanes of at least 4 members (excludes halogenated alkanes) is 1. The summed E-state index contributed by atoms with van der Waals surface area (Å²) in [5.41, 5.74) is 4.57. The van der Waals surface area contributed by atoms with Crippen molar-refractivity contribution in [2.75, 3.05) is 25.6 Å². The van der Waals surface area contributed by atoms with Gasteiger partial charge in [0.2, 0.25) is 0 Å². The third kappa shape index (κ3) is 33.0. The molecule has 2 heterocycles. The first kappa shape index (κ1) is 66.2. The lowest BCUT2D eigenvalue weighted by Gasteiger charge is -2.21. The highest BCUT2D eigenvalue weighted by molar-refractivity contribution is 7.61. The van der Waals surface area contributed by atoms with Crippen LogP contribution >= 0.6 is 15.6 Å². The number of hydrogen-bond acceptors (Lipinski definition) is 16. The maximum absolute atomic E-state index is 12.9. The summed E-state index contributed by atoms with van der Waals surface area (Å²) in [5, 5.41) is 30.7. The fourth-order valence-electron chi connectivity index (χ4n) is 6.70. The second-order valence-corrected chi connectivity index (χ2v) is 20.2. The van der Waals surface area contributed by atoms with Crippen LogP contribution in [-0.2, 0) is 46.3 Å². The molecule has 21 heteroatoms. The predicted octanol–water partition coefficient (Wildman–Crippen LogP) is 9.74. The van der Waals surface area contributed by atoms with Crippen molar-refractivity contribution >= 4 is 33.4 Å². The van der Waals surface area contributed by atoms with Gasteiger partial charge in [0.25, 0.3) is 0 Å². The molecule has 1 aromatic heterocycles. The van der Waals surface area contributed by atoms with Crippen molar-refractivity contribution in [1.29, 1.82) is 0 Å². The first-order valence-corrected chi connectivity index (χ1v) is 28.6. The Morgan fingerprint density at radius 1 is 0.707 bits per heavy atom. The molecule has 1 aliphatic heterocycles. The van der Waals surface area contributed by atoms with Crippen LogP contribution in [0.25, 0.3) is 0 Å². The molecule has 7 N–H and O–H groups in total. The van der Waals surface area contributed by atoms with Gasteiger partial charge in [-0.2, -0.15) is 9.29 Å². The summed E-state index contributed by atoms with van der Waals surface area (Å²) < 4.78 is 56.6. The molecule has 1 aromatic rings. The second kappa shape index (κ2) is 40.4. The van der Waals surface area contributed by atoms with Gasteiger partial charge in [0.15, 0.2) is 12.3 Å². The number of nitrogen functional groups attached to an aromatic ring is 1. The molecule has 1 fully saturated rings. The molecule has 0 bridgehead atoms. The molecule has 0 amide bonds. The summed E-state index contributed by atoms with van der Waals surface area (Å²) in [6, 6.07) is 1.24. The summed E-state index contributed by atoms with van der Waals surface area (Å²) in [7, 11) is -10.9. The highest BCUT2D eigenvalue weighted by atomic mass is 31.3. The topological polar surface area (TPSA) is 286 Å². The van der Waals surface area contributed by atoms with Crippen molar-refractivity contribution in [3.05, 3.63) is 144 Å². The Labute approximate surface area is 442 Å². The zero-order chi connectivity index (χ0) is 55.0. The van der Waals surface area contributed by atoms with E-state index in [1.165, 1.54) is 6.07 Å². The van der Waals surface area contributed by atoms with E-state index in [9.17, 15) is 48.6 Å². The molecule has 0 spiro atoms. The molecule has 418 valence electrons. The SMILES string of the molecule is CC/C=C\C/C=C\C/C=C\C/C=C\C/C=C\C/C=C\CCC(=O)O[C@H](COC(=O)CCC/C=C\C/C=C\C/C=C\C/C=C\CC(O)CCC)COP(=O)(O)OP(=O)(O)OC[C@H]1O[C@@H](n2ccc(N)nc2=O)[C@H](O)[C@@H]1O. The summed E-state index contributed by atoms with van der Waals surface area (Å²) in [6.07, 6.45) is 45.1. The van der Waals surface area contributed by atoms with E-state index < -0.39 is 83.7 Å². The van der Waals surface area contributed by atoms with Crippen molar-refractivity contribution in [1.82, 2.24) is 9.55 Å². The minimum absolute atomic E-state index is 0.0125. The van der Waals surface area contributed by atoms with Gasteiger partial charge in [-0.1, -0.05) is 142 Å². The fraction of sp³-hybridized carbons (Fsp3) is 0.519. The number of anilines is 1. The smallest absolute Gasteiger partial charge is 0.462 e. The van der Waals surface area contributed by atoms with Crippen LogP contribution in [-0.4, -0.2) is 96.9 Å². The van der Waals surface area contributed by atoms with E-state index in [4.69, 9.17) is 29.0 Å². The van der Waals surface area contributed by atoms with Crippen molar-refractivity contribution < 1.29 is 71.4 Å². The van der Waals surface area contributed by atoms with Gasteiger partial charge in [-0.05, 0) is 96.0 Å². The molecule has 2 rings (SSSR count). The normalized spacial score (nSPS) is 20.2. The van der Waals surface area contributed by atoms with Crippen molar-refractivity contribution in [2.45, 2.75) is 160 Å². The molecule has 0 aromatic carbocycles. The van der Waals surface area contributed by atoms with Gasteiger partial charge in [0, 0.05) is 19.0 Å². The maximum Gasteiger partial charge on any atom is 0.481 e. The third-order valence-electron chi connectivity index (χ3n) is 10.6. The van der Waals surface area contributed by atoms with Gasteiger partial charge in [-0.25, -0.2) is 13.9 Å². The molecule has 1 aliphatic rings. The van der Waals surface area contributed by atoms with Crippen LogP contribution in [0.5, 0.6) is 0 Å². The summed E-state index contributed by atoms with van der Waals surface area (Å²) in [4.78, 5) is 61.9. The zero-order valence-corrected chi connectivity index (χ0v) is 45.2. The van der Waals surface area contributed by atoms with Crippen molar-refractivity contribution in [2.24, 2.45) is 0 Å². The fourth-order valence-corrected chi connectivity index (χ4v) is 8.81. The molecular weight excluding hydrogens is 1010 g/mol. The summed E-state index contributed by atoms with van der Waals surface area (Å²) in [5.74, 6) is -1.51. The zero-order valence-electron chi connectivity index (χ0n) is 43.4. The van der Waals surface area contributed by atoms with E-state index in [1.54, 1.807) is 6.08 Å². The standard InChI is InChI=1S/C54H81N3O16P2/c1-3-5-6-7-8-9-10-11-12-13-14-15-16-19-23-26-29-32-35-39-50(60)71-46(42-68-49(59)38-34-31-28-25-22-20-17-18-21-24-27-30-33-37-45(58)36-4-2)43-69-74(64,65)73-75(66,67)70-44-47-51(61)52(62)53(72-47)57-41-40-48(55)56-54(57)63/h5-6,8-9,11-12,14-15,17,19-21,23-25,28-30,32-33,40-41,45-47,51-53,58,61-62H,3-4,7,10,13,16,18,22,26-27,31,34-39,42-44H2,1-2H3,(H,64,65)(H,66,67)(H2,55,56,63)/b6-5-,9-8-,12-11-,15-14-,20-17-,23-19-,24-21-,28-25-,32-29-,33-30-/t45?,46-,47-,51-,52-,53-/m1/s1. The molecule has 0 saturated carbocycles. The number of rotatable bonds is 40. The number of aliphatic hydroxyl groups is 3. The first-order chi connectivity index (χ1) is 36.1. The third-order valence-corrected chi connectivity index (χ3v) is 13.2. The Kier molecular flexibility index (Phi) is 35.7. The van der Waals surface area contributed by atoms with Gasteiger partial charge < -0.3 is 45.1 Å². The predicted molar refractivity (Wildman–Crippen MR) is 290 cm³/mol. The van der Waals surface area contributed by atoms with E-state index >= 15 is 0 Å². The number of aliphatic hydroxyl groups excluding tert-OH is 3. The number of esters is 2. The Morgan fingerprint density at radius 3 is 1.75 bits per heavy atom. The van der Waals surface area contributed by atoms with Crippen LogP contribution < -0.4 is 11.4 Å². The van der Waals surface area contributed by atoms with Gasteiger partial charge in [-0.3, -0.25) is 23.2 Å². The average molecular weight is 1090 g/mol. The van der Waals surface area contributed by atoms with E-state index in [0.29, 0.717) is 38.5 Å². The number of allylic oxidation sites excluding steroid dienone is 19. The van der Waals surface area contributed by atoms with E-state index in [0.717, 1.165) is 68.6 Å². The molecule has 0 radical (unpaired) electrons. The number of nitrogens with two attached hydrogens (primary N) is 1. The van der Waals surface area contributed by atoms with Crippen LogP contribution in [0.1, 0.15) is 129 Å². The minimum Gasteiger partial charge on any atom is -0.462 e. The van der Waals surface area contributed by atoms with E-state index in [-0.39, 0.29) is 24.8 Å². The minimum atomic E-state index is -5.47. The van der Waals surface area contributed by atoms with Gasteiger partial charge >= 0.3 is 33.3 Å². The Bertz CT molecular complexity index is 2250. The number of aromatic nitrogens is 2. The Morgan fingerprint density at radius 2 is 1.21 bits per heavy atom. The van der Waals surface area contributed by atoms with Crippen LogP contribution in [0.2, 0.25) is 0 Å². The molecule has 0 aliphatic carbocycles. The average Bonchev–Trinajstić information content (AvgIpc) is 3.64. The van der Waals surface area contributed by atoms with Crippen molar-refractivity contribution in [3.8, 4) is 0 Å². The molecule has 19 nitrogen and oxygen atoms in total. The lowest BCUT2D eigenvalue weighted by atomic mass is 10.1. The lowest BCUT2D eigenvalue weighted by molar-refractivity contribution is -0.161. The van der Waals surface area contributed by atoms with Gasteiger partial charge in [0.1, 0.15) is 30.7 Å². The molecular formula is C54H81N3O16P2. The number of nitrogens with zero attached hydrogens (tertiary/aromatic N) is 2. The van der Waals surface area contributed by atoms with Crippen LogP contribution in [0.15, 0.2) is 139 Å². The maximum atomic E-state index is 12.9. The number of phosphoric ester groups is 2. The lowest BCUT2D eigenvalue weighted by Crippen LogP contribution is -2.36. The van der Waals surface area contributed by atoms with E-state index in [2.05, 4.69) is 83.1 Å². The van der Waals surface area contributed by atoms with E-state index in [1.807, 2.05) is 55.5 Å². The highest BCUT2D eigenvalue weighted by Gasteiger charge is 2.46. The Hall–Kier alpha value is -4.88. The van der Waals surface area contributed by atoms with Gasteiger partial charge in [0.05, 0.1) is 19.3 Å². The van der Waals surface area contributed by atoms with Crippen LogP contribution in [0.4, 0.5) is 5.82 Å². The number of phosphoric acid groups is 2. The molecule has 75 heavy (non-hydrogen) atoms. The molecule has 8 atom stereocenters.